The van der Waals surface area contributed by atoms with Crippen molar-refractivity contribution in [2.45, 2.75) is 12.8 Å². The van der Waals surface area contributed by atoms with E-state index >= 15 is 0 Å². The Hall–Kier alpha value is -3.89. The van der Waals surface area contributed by atoms with Crippen molar-refractivity contribution in [2.24, 2.45) is 0 Å². The van der Waals surface area contributed by atoms with Crippen LogP contribution >= 0.6 is 11.6 Å². The first-order chi connectivity index (χ1) is 16.6. The molecule has 4 nitrogen and oxygen atoms in total. The van der Waals surface area contributed by atoms with Crippen LogP contribution in [0.2, 0.25) is 5.02 Å². The average Bonchev–Trinajstić information content (AvgIpc) is 3.03. The molecule has 4 aromatic carbocycles. The quantitative estimate of drug-likeness (QED) is 0.378. The van der Waals surface area contributed by atoms with Crippen molar-refractivity contribution in [3.8, 4) is 11.1 Å². The van der Waals surface area contributed by atoms with Gasteiger partial charge in [0.1, 0.15) is 0 Å². The van der Waals surface area contributed by atoms with Crippen LogP contribution in [0.4, 0.5) is 11.4 Å². The number of halogens is 1. The van der Waals surface area contributed by atoms with Gasteiger partial charge in [-0.1, -0.05) is 72.3 Å². The summed E-state index contributed by atoms with van der Waals surface area (Å²) in [4.78, 5) is 27.8. The van der Waals surface area contributed by atoms with E-state index in [0.29, 0.717) is 22.8 Å². The monoisotopic (exact) mass is 466 g/mol. The lowest BCUT2D eigenvalue weighted by molar-refractivity contribution is -0.115. The SMILES string of the molecule is O=C(Cc1ccccc1Cl)Nc1ccc(C(=O)N2CCc3ccccc3-c3ccccc32)cc1. The van der Waals surface area contributed by atoms with Crippen LogP contribution in [-0.2, 0) is 17.6 Å². The lowest BCUT2D eigenvalue weighted by Crippen LogP contribution is -2.32. The molecular weight excluding hydrogens is 444 g/mol. The molecular formula is C29H23ClN2O2. The normalized spacial score (nSPS) is 12.3. The fourth-order valence-corrected chi connectivity index (χ4v) is 4.58. The van der Waals surface area contributed by atoms with Gasteiger partial charge in [0.05, 0.1) is 12.1 Å². The molecule has 1 heterocycles. The number of nitrogens with one attached hydrogen (secondary N) is 1. The van der Waals surface area contributed by atoms with Gasteiger partial charge < -0.3 is 10.2 Å². The summed E-state index contributed by atoms with van der Waals surface area (Å²) in [5.74, 6) is -0.222. The van der Waals surface area contributed by atoms with E-state index in [4.69, 9.17) is 11.6 Å². The highest BCUT2D eigenvalue weighted by molar-refractivity contribution is 6.31. The number of amides is 2. The zero-order chi connectivity index (χ0) is 23.5. The summed E-state index contributed by atoms with van der Waals surface area (Å²) in [5.41, 5.74) is 6.37. The fourth-order valence-electron chi connectivity index (χ4n) is 4.37. The Kier molecular flexibility index (Phi) is 6.15. The number of hydrogen-bond donors (Lipinski definition) is 1. The van der Waals surface area contributed by atoms with Gasteiger partial charge in [0.2, 0.25) is 5.91 Å². The minimum absolute atomic E-state index is 0.0609. The summed E-state index contributed by atoms with van der Waals surface area (Å²) < 4.78 is 0. The first-order valence-electron chi connectivity index (χ1n) is 11.2. The molecule has 1 aliphatic heterocycles. The molecule has 0 spiro atoms. The predicted molar refractivity (Wildman–Crippen MR) is 137 cm³/mol. The van der Waals surface area contributed by atoms with Crippen molar-refractivity contribution in [3.05, 3.63) is 119 Å². The van der Waals surface area contributed by atoms with Crippen molar-refractivity contribution in [3.63, 3.8) is 0 Å². The maximum absolute atomic E-state index is 13.5. The number of fused-ring (bicyclic) bond motifs is 3. The molecule has 4 aromatic rings. The van der Waals surface area contributed by atoms with Crippen molar-refractivity contribution in [1.82, 2.24) is 0 Å². The maximum Gasteiger partial charge on any atom is 0.258 e. The van der Waals surface area contributed by atoms with Gasteiger partial charge in [-0.25, -0.2) is 0 Å². The zero-order valence-corrected chi connectivity index (χ0v) is 19.3. The van der Waals surface area contributed by atoms with Gasteiger partial charge in [-0.05, 0) is 59.5 Å². The Morgan fingerprint density at radius 3 is 2.26 bits per heavy atom. The lowest BCUT2D eigenvalue weighted by atomic mass is 9.98. The number of para-hydroxylation sites is 1. The van der Waals surface area contributed by atoms with E-state index in [1.54, 1.807) is 30.3 Å². The summed E-state index contributed by atoms with van der Waals surface area (Å²) >= 11 is 6.16. The summed E-state index contributed by atoms with van der Waals surface area (Å²) in [6.45, 7) is 0.600. The highest BCUT2D eigenvalue weighted by Crippen LogP contribution is 2.36. The van der Waals surface area contributed by atoms with Crippen molar-refractivity contribution < 1.29 is 9.59 Å². The molecule has 0 saturated carbocycles. The number of rotatable bonds is 4. The Morgan fingerprint density at radius 2 is 1.47 bits per heavy atom. The van der Waals surface area contributed by atoms with Gasteiger partial charge in [0, 0.05) is 28.4 Å². The van der Waals surface area contributed by atoms with E-state index in [9.17, 15) is 9.59 Å². The van der Waals surface area contributed by atoms with E-state index in [2.05, 4.69) is 23.5 Å². The number of anilines is 2. The average molecular weight is 467 g/mol. The summed E-state index contributed by atoms with van der Waals surface area (Å²) in [5, 5.41) is 3.45. The fraction of sp³-hybridized carbons (Fsp3) is 0.103. The van der Waals surface area contributed by atoms with Gasteiger partial charge in [-0.2, -0.15) is 0 Å². The van der Waals surface area contributed by atoms with E-state index in [1.165, 1.54) is 11.1 Å². The van der Waals surface area contributed by atoms with E-state index in [-0.39, 0.29) is 18.2 Å². The van der Waals surface area contributed by atoms with E-state index in [1.807, 2.05) is 53.4 Å². The molecule has 0 unspecified atom stereocenters. The Bertz CT molecular complexity index is 1360. The van der Waals surface area contributed by atoms with Crippen molar-refractivity contribution >= 4 is 34.8 Å². The zero-order valence-electron chi connectivity index (χ0n) is 18.5. The third-order valence-electron chi connectivity index (χ3n) is 6.08. The molecule has 0 bridgehead atoms. The van der Waals surface area contributed by atoms with E-state index < -0.39 is 0 Å². The largest absolute Gasteiger partial charge is 0.326 e. The second-order valence-electron chi connectivity index (χ2n) is 8.27. The maximum atomic E-state index is 13.5. The topological polar surface area (TPSA) is 49.4 Å². The van der Waals surface area contributed by atoms with Crippen LogP contribution in [0.15, 0.2) is 97.1 Å². The number of hydrogen-bond acceptors (Lipinski definition) is 2. The number of carbonyl (C=O) groups excluding carboxylic acids is 2. The molecule has 0 atom stereocenters. The van der Waals surface area contributed by atoms with Crippen LogP contribution in [0.5, 0.6) is 0 Å². The van der Waals surface area contributed by atoms with Crippen LogP contribution in [-0.4, -0.2) is 18.4 Å². The molecule has 0 aliphatic carbocycles. The molecule has 1 aliphatic rings. The summed E-state index contributed by atoms with van der Waals surface area (Å²) in [7, 11) is 0. The lowest BCUT2D eigenvalue weighted by Gasteiger charge is -2.23. The minimum Gasteiger partial charge on any atom is -0.326 e. The van der Waals surface area contributed by atoms with Gasteiger partial charge in [0.25, 0.3) is 5.91 Å². The number of carbonyl (C=O) groups is 2. The second-order valence-corrected chi connectivity index (χ2v) is 8.68. The highest BCUT2D eigenvalue weighted by Gasteiger charge is 2.24. The van der Waals surface area contributed by atoms with E-state index in [0.717, 1.165) is 23.2 Å². The standard InChI is InChI=1S/C29H23ClN2O2/c30-26-11-5-2-8-22(26)19-28(33)31-23-15-13-21(14-16-23)29(34)32-18-17-20-7-1-3-9-24(20)25-10-4-6-12-27(25)32/h1-16H,17-19H2,(H,31,33). The molecule has 1 N–H and O–H groups in total. The van der Waals surface area contributed by atoms with Crippen LogP contribution in [0.25, 0.3) is 11.1 Å². The smallest absolute Gasteiger partial charge is 0.258 e. The first-order valence-corrected chi connectivity index (χ1v) is 11.6. The molecule has 5 rings (SSSR count). The van der Waals surface area contributed by atoms with Gasteiger partial charge in [-0.3, -0.25) is 9.59 Å². The molecule has 168 valence electrons. The molecule has 0 radical (unpaired) electrons. The Labute approximate surface area is 203 Å². The third kappa shape index (κ3) is 4.45. The van der Waals surface area contributed by atoms with Crippen molar-refractivity contribution in [1.29, 1.82) is 0 Å². The van der Waals surface area contributed by atoms with Crippen LogP contribution in [0.3, 0.4) is 0 Å². The number of nitrogens with zero attached hydrogens (tertiary/aromatic N) is 1. The summed E-state index contributed by atoms with van der Waals surface area (Å²) in [6.07, 6.45) is 0.970. The molecule has 34 heavy (non-hydrogen) atoms. The molecule has 0 aromatic heterocycles. The van der Waals surface area contributed by atoms with Crippen LogP contribution < -0.4 is 10.2 Å². The number of benzene rings is 4. The first kappa shape index (κ1) is 21.9. The second kappa shape index (κ2) is 9.54. The van der Waals surface area contributed by atoms with Gasteiger partial charge in [-0.15, -0.1) is 0 Å². The predicted octanol–water partition coefficient (Wildman–Crippen LogP) is 6.39. The minimum atomic E-state index is -0.161. The van der Waals surface area contributed by atoms with Gasteiger partial charge >= 0.3 is 0 Å². The Morgan fingerprint density at radius 1 is 0.794 bits per heavy atom. The molecule has 2 amide bonds. The van der Waals surface area contributed by atoms with Crippen LogP contribution in [0, 0.1) is 0 Å². The van der Waals surface area contributed by atoms with Gasteiger partial charge in [0.15, 0.2) is 0 Å². The molecule has 0 fully saturated rings. The van der Waals surface area contributed by atoms with Crippen molar-refractivity contribution in [2.75, 3.05) is 16.8 Å². The third-order valence-corrected chi connectivity index (χ3v) is 6.45. The Balaban J connectivity index is 1.34. The molecule has 0 saturated heterocycles. The van der Waals surface area contributed by atoms with Crippen LogP contribution in [0.1, 0.15) is 21.5 Å². The molecule has 5 heteroatoms. The highest BCUT2D eigenvalue weighted by atomic mass is 35.5. The summed E-state index contributed by atoms with van der Waals surface area (Å²) in [6, 6.07) is 30.7.